The summed E-state index contributed by atoms with van der Waals surface area (Å²) < 4.78 is 97.0. The van der Waals surface area contributed by atoms with Crippen molar-refractivity contribution in [2.75, 3.05) is 11.6 Å². The lowest BCUT2D eigenvalue weighted by molar-refractivity contribution is -0.137. The molecule has 3 rings (SSSR count). The Balaban J connectivity index is 2.04. The molecule has 0 spiro atoms. The van der Waals surface area contributed by atoms with Gasteiger partial charge in [-0.2, -0.15) is 18.4 Å². The molecule has 0 fully saturated rings. The summed E-state index contributed by atoms with van der Waals surface area (Å²) in [5.74, 6) is -3.86. The zero-order valence-electron chi connectivity index (χ0n) is 16.6. The number of aromatic nitrogens is 2. The van der Waals surface area contributed by atoms with E-state index in [4.69, 9.17) is 5.26 Å². The van der Waals surface area contributed by atoms with E-state index in [0.29, 0.717) is 18.3 Å². The summed E-state index contributed by atoms with van der Waals surface area (Å²) in [5, 5.41) is 11.1. The molecular weight excluding hydrogens is 472 g/mol. The molecule has 1 atom stereocenters. The van der Waals surface area contributed by atoms with Gasteiger partial charge in [0, 0.05) is 23.6 Å². The maximum absolute atomic E-state index is 14.2. The summed E-state index contributed by atoms with van der Waals surface area (Å²) in [5.41, 5.74) is -2.26. The second-order valence-corrected chi connectivity index (χ2v) is 9.24. The maximum atomic E-state index is 14.2. The van der Waals surface area contributed by atoms with Crippen molar-refractivity contribution in [2.45, 2.75) is 11.9 Å². The van der Waals surface area contributed by atoms with Crippen LogP contribution in [-0.4, -0.2) is 20.4 Å². The molecule has 0 aliphatic carbocycles. The standard InChI is InChI=1S/C20H13F6N5OS/c1-33(32,29-10-27)9-11-4-12(20(24,25)26)6-14(5-11)30-19-28-8-17(23)18(31-19)15-3-2-13(21)7-16(15)22/h2-8H,9H2,1H3,(H,28,30,31)/t33-/m0/s1. The largest absolute Gasteiger partial charge is 0.416 e. The second-order valence-electron chi connectivity index (χ2n) is 6.85. The van der Waals surface area contributed by atoms with Crippen molar-refractivity contribution in [3.63, 3.8) is 0 Å². The van der Waals surface area contributed by atoms with Gasteiger partial charge in [0.15, 0.2) is 5.82 Å². The SMILES string of the molecule is C[S@](=O)(Cc1cc(Nc2ncc(F)c(-c3ccc(F)cc3F)n2)cc(C(F)(F)F)c1)=NC#N. The molecule has 13 heteroatoms. The van der Waals surface area contributed by atoms with E-state index >= 15 is 0 Å². The first kappa shape index (κ1) is 24.0. The Morgan fingerprint density at radius 2 is 1.85 bits per heavy atom. The third-order valence-corrected chi connectivity index (χ3v) is 5.51. The number of nitrogens with one attached hydrogen (secondary N) is 1. The molecule has 3 aromatic rings. The number of benzene rings is 2. The van der Waals surface area contributed by atoms with Crippen LogP contribution in [0.3, 0.4) is 0 Å². The third kappa shape index (κ3) is 5.98. The number of nitriles is 1. The first-order chi connectivity index (χ1) is 15.4. The number of hydrogen-bond donors (Lipinski definition) is 1. The number of hydrogen-bond acceptors (Lipinski definition) is 6. The van der Waals surface area contributed by atoms with Crippen LogP contribution in [0.1, 0.15) is 11.1 Å². The molecular formula is C20H13F6N5OS. The van der Waals surface area contributed by atoms with Gasteiger partial charge in [0.1, 0.15) is 17.3 Å². The number of anilines is 2. The minimum Gasteiger partial charge on any atom is -0.324 e. The Morgan fingerprint density at radius 1 is 1.12 bits per heavy atom. The molecule has 1 aromatic heterocycles. The van der Waals surface area contributed by atoms with Gasteiger partial charge in [-0.3, -0.25) is 0 Å². The number of rotatable bonds is 5. The molecule has 1 N–H and O–H groups in total. The third-order valence-electron chi connectivity index (χ3n) is 4.18. The van der Waals surface area contributed by atoms with E-state index in [1.165, 1.54) is 12.3 Å². The molecule has 0 saturated heterocycles. The van der Waals surface area contributed by atoms with Gasteiger partial charge in [-0.1, -0.05) is 0 Å². The predicted octanol–water partition coefficient (Wildman–Crippen LogP) is 5.40. The van der Waals surface area contributed by atoms with E-state index < -0.39 is 50.4 Å². The van der Waals surface area contributed by atoms with Gasteiger partial charge in [0.2, 0.25) is 12.1 Å². The smallest absolute Gasteiger partial charge is 0.324 e. The molecule has 33 heavy (non-hydrogen) atoms. The molecule has 0 aliphatic rings. The van der Waals surface area contributed by atoms with Crippen LogP contribution in [0.2, 0.25) is 0 Å². The molecule has 0 amide bonds. The highest BCUT2D eigenvalue weighted by Crippen LogP contribution is 2.33. The highest BCUT2D eigenvalue weighted by molar-refractivity contribution is 7.92. The molecule has 1 heterocycles. The van der Waals surface area contributed by atoms with Gasteiger partial charge in [0.25, 0.3) is 0 Å². The molecule has 0 radical (unpaired) electrons. The summed E-state index contributed by atoms with van der Waals surface area (Å²) >= 11 is 0. The fourth-order valence-electron chi connectivity index (χ4n) is 2.87. The number of alkyl halides is 3. The quantitative estimate of drug-likeness (QED) is 0.386. The number of nitrogens with zero attached hydrogens (tertiary/aromatic N) is 4. The van der Waals surface area contributed by atoms with Crippen molar-refractivity contribution in [3.05, 3.63) is 71.2 Å². The maximum Gasteiger partial charge on any atom is 0.416 e. The van der Waals surface area contributed by atoms with E-state index in [2.05, 4.69) is 19.6 Å². The van der Waals surface area contributed by atoms with Gasteiger partial charge in [-0.25, -0.2) is 27.3 Å². The van der Waals surface area contributed by atoms with E-state index in [-0.39, 0.29) is 22.8 Å². The van der Waals surface area contributed by atoms with Crippen molar-refractivity contribution < 1.29 is 30.6 Å². The fraction of sp³-hybridized carbons (Fsp3) is 0.150. The predicted molar refractivity (Wildman–Crippen MR) is 108 cm³/mol. The van der Waals surface area contributed by atoms with Crippen molar-refractivity contribution >= 4 is 21.4 Å². The van der Waals surface area contributed by atoms with Crippen molar-refractivity contribution in [3.8, 4) is 17.5 Å². The van der Waals surface area contributed by atoms with Crippen LogP contribution in [0.4, 0.5) is 38.0 Å². The summed E-state index contributed by atoms with van der Waals surface area (Å²) in [7, 11) is -3.13. The van der Waals surface area contributed by atoms with Crippen LogP contribution in [-0.2, 0) is 21.7 Å². The van der Waals surface area contributed by atoms with E-state index in [0.717, 1.165) is 24.5 Å². The van der Waals surface area contributed by atoms with E-state index in [9.17, 15) is 30.6 Å². The molecule has 172 valence electrons. The molecule has 6 nitrogen and oxygen atoms in total. The number of halogens is 6. The highest BCUT2D eigenvalue weighted by Gasteiger charge is 2.31. The Morgan fingerprint density at radius 3 is 2.48 bits per heavy atom. The van der Waals surface area contributed by atoms with Gasteiger partial charge in [-0.15, -0.1) is 4.36 Å². The summed E-state index contributed by atoms with van der Waals surface area (Å²) in [4.78, 5) is 7.43. The van der Waals surface area contributed by atoms with Crippen molar-refractivity contribution in [1.82, 2.24) is 9.97 Å². The molecule has 0 aliphatic heterocycles. The Bertz CT molecular complexity index is 1380. The van der Waals surface area contributed by atoms with Crippen LogP contribution < -0.4 is 5.32 Å². The van der Waals surface area contributed by atoms with Gasteiger partial charge in [-0.05, 0) is 35.9 Å². The van der Waals surface area contributed by atoms with Crippen LogP contribution in [0, 0.1) is 28.9 Å². The van der Waals surface area contributed by atoms with Gasteiger partial charge >= 0.3 is 6.18 Å². The average molecular weight is 485 g/mol. The first-order valence-electron chi connectivity index (χ1n) is 8.92. The fourth-order valence-corrected chi connectivity index (χ4v) is 3.89. The topological polar surface area (TPSA) is 91.0 Å². The van der Waals surface area contributed by atoms with Crippen LogP contribution in [0.5, 0.6) is 0 Å². The zero-order valence-corrected chi connectivity index (χ0v) is 17.4. The van der Waals surface area contributed by atoms with E-state index in [1.54, 1.807) is 0 Å². The summed E-state index contributed by atoms with van der Waals surface area (Å²) in [6, 6.07) is 5.05. The summed E-state index contributed by atoms with van der Waals surface area (Å²) in [6.45, 7) is 0. The molecule has 0 bridgehead atoms. The Labute approximate surface area is 184 Å². The van der Waals surface area contributed by atoms with Crippen LogP contribution in [0.25, 0.3) is 11.3 Å². The lowest BCUT2D eigenvalue weighted by Crippen LogP contribution is -2.09. The molecule has 2 aromatic carbocycles. The monoisotopic (exact) mass is 485 g/mol. The summed E-state index contributed by atoms with van der Waals surface area (Å²) in [6.07, 6.45) is -1.61. The van der Waals surface area contributed by atoms with Crippen LogP contribution in [0.15, 0.2) is 47.0 Å². The molecule has 0 unspecified atom stereocenters. The minimum absolute atomic E-state index is 0.0502. The highest BCUT2D eigenvalue weighted by atomic mass is 32.2. The Kier molecular flexibility index (Phi) is 6.59. The molecule has 0 saturated carbocycles. The van der Waals surface area contributed by atoms with Crippen molar-refractivity contribution in [2.24, 2.45) is 4.36 Å². The minimum atomic E-state index is -4.76. The van der Waals surface area contributed by atoms with Crippen molar-refractivity contribution in [1.29, 1.82) is 5.26 Å². The van der Waals surface area contributed by atoms with Crippen LogP contribution >= 0.6 is 0 Å². The lowest BCUT2D eigenvalue weighted by atomic mass is 10.1. The van der Waals surface area contributed by atoms with Gasteiger partial charge < -0.3 is 5.32 Å². The normalized spacial score (nSPS) is 13.2. The zero-order chi connectivity index (χ0) is 24.4. The van der Waals surface area contributed by atoms with Gasteiger partial charge in [0.05, 0.1) is 27.2 Å². The lowest BCUT2D eigenvalue weighted by Gasteiger charge is -2.14. The van der Waals surface area contributed by atoms with E-state index in [1.807, 2.05) is 0 Å². The first-order valence-corrected chi connectivity index (χ1v) is 11.0. The second kappa shape index (κ2) is 9.07. The average Bonchev–Trinajstić information content (AvgIpc) is 2.68. The Hall–Kier alpha value is -3.66.